The zero-order chi connectivity index (χ0) is 17.0. The number of hydrogen-bond acceptors (Lipinski definition) is 4. The van der Waals surface area contributed by atoms with Crippen molar-refractivity contribution in [2.24, 2.45) is 11.8 Å². The van der Waals surface area contributed by atoms with E-state index >= 15 is 0 Å². The summed E-state index contributed by atoms with van der Waals surface area (Å²) in [6, 6.07) is 5.11. The second kappa shape index (κ2) is 7.35. The van der Waals surface area contributed by atoms with Gasteiger partial charge < -0.3 is 19.5 Å². The third-order valence-corrected chi connectivity index (χ3v) is 4.22. The van der Waals surface area contributed by atoms with E-state index in [0.29, 0.717) is 43.2 Å². The van der Waals surface area contributed by atoms with E-state index in [4.69, 9.17) is 14.6 Å². The molecule has 0 saturated carbocycles. The van der Waals surface area contributed by atoms with Crippen LogP contribution < -0.4 is 9.47 Å². The van der Waals surface area contributed by atoms with Crippen molar-refractivity contribution in [3.63, 3.8) is 0 Å². The van der Waals surface area contributed by atoms with Crippen LogP contribution in [0.1, 0.15) is 30.6 Å². The molecule has 126 valence electrons. The van der Waals surface area contributed by atoms with Crippen LogP contribution in [0.2, 0.25) is 0 Å². The van der Waals surface area contributed by atoms with E-state index in [1.807, 2.05) is 13.8 Å². The van der Waals surface area contributed by atoms with Gasteiger partial charge in [0.2, 0.25) is 0 Å². The van der Waals surface area contributed by atoms with Gasteiger partial charge in [0.15, 0.2) is 11.5 Å². The largest absolute Gasteiger partial charge is 0.493 e. The number of amides is 1. The van der Waals surface area contributed by atoms with Gasteiger partial charge in [-0.3, -0.25) is 9.59 Å². The van der Waals surface area contributed by atoms with Gasteiger partial charge in [0, 0.05) is 18.7 Å². The van der Waals surface area contributed by atoms with Gasteiger partial charge in [-0.05, 0) is 37.5 Å². The zero-order valence-electron chi connectivity index (χ0n) is 13.7. The zero-order valence-corrected chi connectivity index (χ0v) is 13.7. The highest BCUT2D eigenvalue weighted by atomic mass is 16.5. The Hall–Kier alpha value is -2.24. The van der Waals surface area contributed by atoms with Crippen LogP contribution in [0.4, 0.5) is 0 Å². The molecule has 0 aromatic heterocycles. The van der Waals surface area contributed by atoms with Gasteiger partial charge in [0.1, 0.15) is 0 Å². The molecule has 0 spiro atoms. The average molecular weight is 321 g/mol. The summed E-state index contributed by atoms with van der Waals surface area (Å²) < 4.78 is 10.7. The van der Waals surface area contributed by atoms with Crippen molar-refractivity contribution in [1.29, 1.82) is 0 Å². The lowest BCUT2D eigenvalue weighted by Gasteiger charge is -2.35. The number of carboxylic acid groups (broad SMARTS) is 1. The summed E-state index contributed by atoms with van der Waals surface area (Å²) in [5.41, 5.74) is 0.520. The molecular weight excluding hydrogens is 298 g/mol. The normalized spacial score (nSPS) is 20.9. The van der Waals surface area contributed by atoms with Gasteiger partial charge >= 0.3 is 5.97 Å². The molecule has 1 saturated heterocycles. The minimum atomic E-state index is -0.785. The number of nitrogens with zero attached hydrogens (tertiary/aromatic N) is 1. The van der Waals surface area contributed by atoms with Gasteiger partial charge in [0.25, 0.3) is 5.91 Å². The molecule has 1 aliphatic heterocycles. The molecule has 1 N–H and O–H groups in total. The summed E-state index contributed by atoms with van der Waals surface area (Å²) in [7, 11) is 1.53. The number of carbonyl (C=O) groups is 2. The van der Waals surface area contributed by atoms with E-state index < -0.39 is 5.97 Å². The fraction of sp³-hybridized carbons (Fsp3) is 0.529. The maximum absolute atomic E-state index is 12.6. The number of benzene rings is 1. The molecule has 2 unspecified atom stereocenters. The Morgan fingerprint density at radius 2 is 2.09 bits per heavy atom. The van der Waals surface area contributed by atoms with Crippen LogP contribution in [0.25, 0.3) is 0 Å². The van der Waals surface area contributed by atoms with E-state index in [9.17, 15) is 9.59 Å². The quantitative estimate of drug-likeness (QED) is 0.900. The summed E-state index contributed by atoms with van der Waals surface area (Å²) in [5, 5.41) is 9.17. The molecule has 6 nitrogen and oxygen atoms in total. The molecule has 1 aromatic rings. The van der Waals surface area contributed by atoms with Crippen molar-refractivity contribution in [1.82, 2.24) is 4.90 Å². The van der Waals surface area contributed by atoms with Crippen LogP contribution in [-0.4, -0.2) is 48.7 Å². The molecule has 6 heteroatoms. The monoisotopic (exact) mass is 321 g/mol. The topological polar surface area (TPSA) is 76.1 Å². The lowest BCUT2D eigenvalue weighted by atomic mass is 9.87. The SMILES string of the molecule is CCOc1ccc(C(=O)N2CCC(C(=O)O)C(C)C2)cc1OC. The Bertz CT molecular complexity index is 586. The predicted molar refractivity (Wildman–Crippen MR) is 85.0 cm³/mol. The number of rotatable bonds is 5. The minimum absolute atomic E-state index is 0.0604. The van der Waals surface area contributed by atoms with Gasteiger partial charge in [0.05, 0.1) is 19.6 Å². The minimum Gasteiger partial charge on any atom is -0.493 e. The Kier molecular flexibility index (Phi) is 5.47. The smallest absolute Gasteiger partial charge is 0.306 e. The summed E-state index contributed by atoms with van der Waals surface area (Å²) in [6.45, 7) is 5.17. The van der Waals surface area contributed by atoms with Gasteiger partial charge in [-0.15, -0.1) is 0 Å². The molecule has 1 heterocycles. The first-order valence-corrected chi connectivity index (χ1v) is 7.80. The summed E-state index contributed by atoms with van der Waals surface area (Å²) in [5.74, 6) is -0.214. The van der Waals surface area contributed by atoms with Crippen molar-refractivity contribution < 1.29 is 24.2 Å². The molecular formula is C17H23NO5. The van der Waals surface area contributed by atoms with Crippen LogP contribution >= 0.6 is 0 Å². The Morgan fingerprint density at radius 1 is 1.35 bits per heavy atom. The van der Waals surface area contributed by atoms with Crippen molar-refractivity contribution >= 4 is 11.9 Å². The summed E-state index contributed by atoms with van der Waals surface area (Å²) in [6.07, 6.45) is 0.483. The predicted octanol–water partition coefficient (Wildman–Crippen LogP) is 2.28. The lowest BCUT2D eigenvalue weighted by molar-refractivity contribution is -0.145. The number of aliphatic carboxylic acids is 1. The first-order chi connectivity index (χ1) is 11.0. The first kappa shape index (κ1) is 17.1. The number of carboxylic acids is 1. The van der Waals surface area contributed by atoms with E-state index in [-0.39, 0.29) is 17.7 Å². The maximum atomic E-state index is 12.6. The van der Waals surface area contributed by atoms with E-state index in [0.717, 1.165) is 0 Å². The molecule has 1 amide bonds. The maximum Gasteiger partial charge on any atom is 0.306 e. The van der Waals surface area contributed by atoms with E-state index in [2.05, 4.69) is 0 Å². The van der Waals surface area contributed by atoms with E-state index in [1.54, 1.807) is 23.1 Å². The summed E-state index contributed by atoms with van der Waals surface area (Å²) in [4.78, 5) is 25.5. The number of carbonyl (C=O) groups excluding carboxylic acids is 1. The third kappa shape index (κ3) is 3.75. The second-order valence-corrected chi connectivity index (χ2v) is 5.76. The second-order valence-electron chi connectivity index (χ2n) is 5.76. The van der Waals surface area contributed by atoms with Crippen molar-refractivity contribution in [3.05, 3.63) is 23.8 Å². The number of ether oxygens (including phenoxy) is 2. The van der Waals surface area contributed by atoms with Crippen molar-refractivity contribution in [2.75, 3.05) is 26.8 Å². The first-order valence-electron chi connectivity index (χ1n) is 7.80. The highest BCUT2D eigenvalue weighted by Gasteiger charge is 2.33. The number of hydrogen-bond donors (Lipinski definition) is 1. The van der Waals surface area contributed by atoms with Gasteiger partial charge in [-0.1, -0.05) is 6.92 Å². The molecule has 1 aliphatic rings. The molecule has 2 atom stereocenters. The molecule has 0 aliphatic carbocycles. The average Bonchev–Trinajstić information content (AvgIpc) is 2.54. The summed E-state index contributed by atoms with van der Waals surface area (Å²) >= 11 is 0. The van der Waals surface area contributed by atoms with Crippen LogP contribution in [-0.2, 0) is 4.79 Å². The molecule has 23 heavy (non-hydrogen) atoms. The fourth-order valence-corrected chi connectivity index (χ4v) is 2.95. The van der Waals surface area contributed by atoms with Crippen molar-refractivity contribution in [2.45, 2.75) is 20.3 Å². The van der Waals surface area contributed by atoms with Crippen LogP contribution in [0.5, 0.6) is 11.5 Å². The van der Waals surface area contributed by atoms with E-state index in [1.165, 1.54) is 7.11 Å². The highest BCUT2D eigenvalue weighted by molar-refractivity contribution is 5.95. The Labute approximate surface area is 136 Å². The Morgan fingerprint density at radius 3 is 2.65 bits per heavy atom. The molecule has 0 bridgehead atoms. The van der Waals surface area contributed by atoms with Crippen LogP contribution in [0.15, 0.2) is 18.2 Å². The van der Waals surface area contributed by atoms with Crippen LogP contribution in [0, 0.1) is 11.8 Å². The lowest BCUT2D eigenvalue weighted by Crippen LogP contribution is -2.45. The molecule has 1 aromatic carbocycles. The van der Waals surface area contributed by atoms with Crippen LogP contribution in [0.3, 0.4) is 0 Å². The molecule has 1 fully saturated rings. The number of likely N-dealkylation sites (tertiary alicyclic amines) is 1. The molecule has 2 rings (SSSR count). The third-order valence-electron chi connectivity index (χ3n) is 4.22. The standard InChI is InChI=1S/C17H23NO5/c1-4-23-14-6-5-12(9-15(14)22-3)16(19)18-8-7-13(17(20)21)11(2)10-18/h5-6,9,11,13H,4,7-8,10H2,1-3H3,(H,20,21). The van der Waals surface area contributed by atoms with Gasteiger partial charge in [-0.25, -0.2) is 0 Å². The highest BCUT2D eigenvalue weighted by Crippen LogP contribution is 2.30. The number of piperidine rings is 1. The van der Waals surface area contributed by atoms with Gasteiger partial charge in [-0.2, -0.15) is 0 Å². The fourth-order valence-electron chi connectivity index (χ4n) is 2.95. The molecule has 0 radical (unpaired) electrons. The van der Waals surface area contributed by atoms with Crippen molar-refractivity contribution in [3.8, 4) is 11.5 Å². The Balaban J connectivity index is 2.13. The number of methoxy groups -OCH3 is 1.